The minimum absolute atomic E-state index is 0.112. The van der Waals surface area contributed by atoms with Crippen LogP contribution < -0.4 is 10.5 Å². The van der Waals surface area contributed by atoms with E-state index in [0.717, 1.165) is 0 Å². The highest BCUT2D eigenvalue weighted by Gasteiger charge is 2.19. The van der Waals surface area contributed by atoms with Gasteiger partial charge in [0.15, 0.2) is 11.5 Å². The van der Waals surface area contributed by atoms with E-state index in [1.165, 1.54) is 19.2 Å². The third kappa shape index (κ3) is 2.56. The van der Waals surface area contributed by atoms with Gasteiger partial charge in [0.25, 0.3) is 0 Å². The lowest BCUT2D eigenvalue weighted by atomic mass is 10.0. The lowest BCUT2D eigenvalue weighted by Crippen LogP contribution is -2.15. The molecule has 0 spiro atoms. The molecule has 0 heterocycles. The molecule has 1 rings (SSSR count). The summed E-state index contributed by atoms with van der Waals surface area (Å²) in [5.74, 6) is -1.15. The number of rotatable bonds is 4. The number of ether oxygens (including phenoxy) is 1. The first-order chi connectivity index (χ1) is 7.47. The number of methoxy groups -OCH3 is 1. The molecule has 0 aromatic heterocycles. The normalized spacial score (nSPS) is 12.2. The zero-order valence-electron chi connectivity index (χ0n) is 8.61. The quantitative estimate of drug-likeness (QED) is 0.748. The third-order valence-corrected chi connectivity index (χ3v) is 2.42. The van der Waals surface area contributed by atoms with Crippen LogP contribution in [0.5, 0.6) is 11.5 Å². The summed E-state index contributed by atoms with van der Waals surface area (Å²) < 4.78 is 4.95. The first-order valence-electron chi connectivity index (χ1n) is 4.50. The van der Waals surface area contributed by atoms with Gasteiger partial charge in [-0.25, -0.2) is 0 Å². The highest BCUT2D eigenvalue weighted by Crippen LogP contribution is 2.39. The van der Waals surface area contributed by atoms with Crippen molar-refractivity contribution >= 4 is 17.6 Å². The van der Waals surface area contributed by atoms with Crippen LogP contribution >= 0.6 is 11.6 Å². The molecule has 0 saturated heterocycles. The predicted molar refractivity (Wildman–Crippen MR) is 58.9 cm³/mol. The molecule has 0 aliphatic heterocycles. The fourth-order valence-corrected chi connectivity index (χ4v) is 1.52. The molecule has 5 nitrogen and oxygen atoms in total. The van der Waals surface area contributed by atoms with Crippen LogP contribution in [0.2, 0.25) is 5.02 Å². The summed E-state index contributed by atoms with van der Waals surface area (Å²) in [5, 5.41) is 18.4. The molecule has 16 heavy (non-hydrogen) atoms. The van der Waals surface area contributed by atoms with Crippen LogP contribution in [0.25, 0.3) is 0 Å². The van der Waals surface area contributed by atoms with Crippen molar-refractivity contribution in [3.8, 4) is 11.5 Å². The van der Waals surface area contributed by atoms with Crippen LogP contribution in [0.1, 0.15) is 18.0 Å². The monoisotopic (exact) mass is 245 g/mol. The van der Waals surface area contributed by atoms with Gasteiger partial charge in [-0.1, -0.05) is 17.7 Å². The molecule has 1 unspecified atom stereocenters. The number of carboxylic acid groups (broad SMARTS) is 1. The van der Waals surface area contributed by atoms with Gasteiger partial charge in [0.05, 0.1) is 18.6 Å². The Morgan fingerprint density at radius 2 is 2.25 bits per heavy atom. The van der Waals surface area contributed by atoms with Crippen molar-refractivity contribution in [2.24, 2.45) is 5.73 Å². The smallest absolute Gasteiger partial charge is 0.305 e. The summed E-state index contributed by atoms with van der Waals surface area (Å²) in [7, 11) is 1.35. The van der Waals surface area contributed by atoms with E-state index in [1.807, 2.05) is 0 Å². The number of phenolic OH excluding ortho intramolecular Hbond substituents is 1. The fourth-order valence-electron chi connectivity index (χ4n) is 1.37. The first-order valence-corrected chi connectivity index (χ1v) is 4.88. The number of benzene rings is 1. The number of carbonyl (C=O) groups is 1. The fraction of sp³-hybridized carbons (Fsp3) is 0.300. The van der Waals surface area contributed by atoms with Gasteiger partial charge in [-0.05, 0) is 6.07 Å². The van der Waals surface area contributed by atoms with Crippen LogP contribution in [0.3, 0.4) is 0 Å². The summed E-state index contributed by atoms with van der Waals surface area (Å²) in [5.41, 5.74) is 6.09. The van der Waals surface area contributed by atoms with E-state index in [0.29, 0.717) is 5.56 Å². The highest BCUT2D eigenvalue weighted by atomic mass is 35.5. The highest BCUT2D eigenvalue weighted by molar-refractivity contribution is 6.32. The number of hydrogen-bond donors (Lipinski definition) is 3. The van der Waals surface area contributed by atoms with Crippen molar-refractivity contribution in [1.29, 1.82) is 0 Å². The lowest BCUT2D eigenvalue weighted by Gasteiger charge is -2.15. The molecule has 1 aromatic carbocycles. The van der Waals surface area contributed by atoms with E-state index in [2.05, 4.69) is 0 Å². The zero-order valence-corrected chi connectivity index (χ0v) is 9.36. The van der Waals surface area contributed by atoms with Gasteiger partial charge in [-0.15, -0.1) is 0 Å². The summed E-state index contributed by atoms with van der Waals surface area (Å²) in [6, 6.07) is 2.22. The van der Waals surface area contributed by atoms with Crippen molar-refractivity contribution in [3.05, 3.63) is 22.7 Å². The molecule has 6 heteroatoms. The van der Waals surface area contributed by atoms with E-state index < -0.39 is 12.0 Å². The number of phenols is 1. The van der Waals surface area contributed by atoms with Gasteiger partial charge in [0.2, 0.25) is 0 Å². The van der Waals surface area contributed by atoms with Crippen molar-refractivity contribution in [3.63, 3.8) is 0 Å². The molecule has 0 aliphatic rings. The van der Waals surface area contributed by atoms with E-state index in [4.69, 9.17) is 27.2 Å². The second kappa shape index (κ2) is 5.05. The van der Waals surface area contributed by atoms with Gasteiger partial charge in [-0.3, -0.25) is 4.79 Å². The zero-order chi connectivity index (χ0) is 12.3. The van der Waals surface area contributed by atoms with E-state index >= 15 is 0 Å². The van der Waals surface area contributed by atoms with Crippen LogP contribution in [0.15, 0.2) is 12.1 Å². The van der Waals surface area contributed by atoms with Crippen LogP contribution in [-0.4, -0.2) is 23.3 Å². The second-order valence-electron chi connectivity index (χ2n) is 3.22. The largest absolute Gasteiger partial charge is 0.503 e. The second-order valence-corrected chi connectivity index (χ2v) is 3.63. The summed E-state index contributed by atoms with van der Waals surface area (Å²) >= 11 is 5.69. The van der Waals surface area contributed by atoms with Crippen molar-refractivity contribution in [2.75, 3.05) is 7.11 Å². The molecule has 1 atom stereocenters. The van der Waals surface area contributed by atoms with Gasteiger partial charge >= 0.3 is 5.97 Å². The molecular formula is C10H12ClNO4. The first kappa shape index (κ1) is 12.6. The van der Waals surface area contributed by atoms with E-state index in [-0.39, 0.29) is 22.9 Å². The Bertz CT molecular complexity index is 408. The molecule has 0 aliphatic carbocycles. The molecular weight excluding hydrogens is 234 g/mol. The minimum atomic E-state index is -1.02. The maximum absolute atomic E-state index is 10.5. The Balaban J connectivity index is 3.13. The summed E-state index contributed by atoms with van der Waals surface area (Å²) in [4.78, 5) is 10.5. The molecule has 0 radical (unpaired) electrons. The van der Waals surface area contributed by atoms with E-state index in [9.17, 15) is 9.90 Å². The van der Waals surface area contributed by atoms with E-state index in [1.54, 1.807) is 0 Å². The van der Waals surface area contributed by atoms with Gasteiger partial charge in [0.1, 0.15) is 0 Å². The maximum atomic E-state index is 10.5. The van der Waals surface area contributed by atoms with Crippen molar-refractivity contribution < 1.29 is 19.7 Å². The Kier molecular flexibility index (Phi) is 3.98. The Morgan fingerprint density at radius 3 is 2.75 bits per heavy atom. The van der Waals surface area contributed by atoms with Gasteiger partial charge in [-0.2, -0.15) is 0 Å². The van der Waals surface area contributed by atoms with Crippen molar-refractivity contribution in [2.45, 2.75) is 12.5 Å². The number of hydrogen-bond acceptors (Lipinski definition) is 4. The molecule has 4 N–H and O–H groups in total. The Hall–Kier alpha value is -1.46. The molecule has 88 valence electrons. The summed E-state index contributed by atoms with van der Waals surface area (Å²) in [6.07, 6.45) is -0.253. The molecule has 0 bridgehead atoms. The standard InChI is InChI=1S/C10H12ClNO4/c1-16-10-5(7(12)4-8(13)14)2-3-6(11)9(10)15/h2-3,7,15H,4,12H2,1H3,(H,13,14). The molecule has 0 fully saturated rings. The lowest BCUT2D eigenvalue weighted by molar-refractivity contribution is -0.137. The average molecular weight is 246 g/mol. The maximum Gasteiger partial charge on any atom is 0.305 e. The Labute approximate surface area is 97.4 Å². The topological polar surface area (TPSA) is 92.8 Å². The number of nitrogens with two attached hydrogens (primary N) is 1. The number of aromatic hydroxyl groups is 1. The van der Waals surface area contributed by atoms with Gasteiger partial charge in [0, 0.05) is 11.6 Å². The number of carboxylic acids is 1. The number of halogens is 1. The van der Waals surface area contributed by atoms with Gasteiger partial charge < -0.3 is 20.7 Å². The molecule has 0 amide bonds. The molecule has 1 aromatic rings. The third-order valence-electron chi connectivity index (χ3n) is 2.11. The van der Waals surface area contributed by atoms with Crippen molar-refractivity contribution in [1.82, 2.24) is 0 Å². The Morgan fingerprint density at radius 1 is 1.62 bits per heavy atom. The minimum Gasteiger partial charge on any atom is -0.503 e. The summed E-state index contributed by atoms with van der Waals surface area (Å²) in [6.45, 7) is 0. The van der Waals surface area contributed by atoms with Crippen LogP contribution in [0, 0.1) is 0 Å². The number of aliphatic carboxylic acids is 1. The van der Waals surface area contributed by atoms with Crippen LogP contribution in [-0.2, 0) is 4.79 Å². The SMILES string of the molecule is COc1c(C(N)CC(=O)O)ccc(Cl)c1O. The predicted octanol–water partition coefficient (Wildman–Crippen LogP) is 1.53. The molecule has 0 saturated carbocycles. The van der Waals surface area contributed by atoms with Crippen LogP contribution in [0.4, 0.5) is 0 Å². The average Bonchev–Trinajstić information content (AvgIpc) is 2.20.